The van der Waals surface area contributed by atoms with Crippen LogP contribution in [-0.2, 0) is 22.0 Å². The molecule has 22 heavy (non-hydrogen) atoms. The van der Waals surface area contributed by atoms with E-state index in [-0.39, 0.29) is 23.2 Å². The molecule has 2 nitrogen and oxygen atoms in total. The number of carboxylic acid groups (broad SMARTS) is 1. The van der Waals surface area contributed by atoms with Gasteiger partial charge >= 0.3 is 5.97 Å². The number of hydrogen-bond acceptors (Lipinski definition) is 1. The van der Waals surface area contributed by atoms with E-state index in [1.54, 1.807) is 0 Å². The van der Waals surface area contributed by atoms with Crippen molar-refractivity contribution >= 4 is 5.97 Å². The van der Waals surface area contributed by atoms with Crippen molar-refractivity contribution in [1.29, 1.82) is 0 Å². The molecule has 0 unspecified atom stereocenters. The molecule has 2 aliphatic carbocycles. The molecule has 1 N–H and O–H groups in total. The minimum absolute atomic E-state index is 0.200. The van der Waals surface area contributed by atoms with E-state index in [4.69, 9.17) is 0 Å². The van der Waals surface area contributed by atoms with Crippen LogP contribution < -0.4 is 0 Å². The highest BCUT2D eigenvalue weighted by Crippen LogP contribution is 2.48. The number of fused-ring (bicyclic) bond motifs is 2. The van der Waals surface area contributed by atoms with Gasteiger partial charge in [0.1, 0.15) is 0 Å². The Labute approximate surface area is 133 Å². The standard InChI is InChI=1S/C20H28O2/c1-19(2)8-9-20(3,4)17-12-15-13(10-16(17)19)6-5-7-14(15)11-18(21)22/h10,12,14H,5-9,11H2,1-4H3,(H,21,22)/t14-/m1/s1. The fourth-order valence-electron chi connectivity index (χ4n) is 4.39. The molecule has 1 aromatic carbocycles. The third kappa shape index (κ3) is 2.57. The Hall–Kier alpha value is -1.31. The van der Waals surface area contributed by atoms with E-state index < -0.39 is 5.97 Å². The molecule has 0 spiro atoms. The van der Waals surface area contributed by atoms with Crippen LogP contribution in [0.1, 0.15) is 88.0 Å². The van der Waals surface area contributed by atoms with Gasteiger partial charge in [-0.15, -0.1) is 0 Å². The predicted molar refractivity (Wildman–Crippen MR) is 89.7 cm³/mol. The van der Waals surface area contributed by atoms with Gasteiger partial charge in [0.2, 0.25) is 0 Å². The van der Waals surface area contributed by atoms with Gasteiger partial charge < -0.3 is 5.11 Å². The average molecular weight is 300 g/mol. The van der Waals surface area contributed by atoms with Crippen molar-refractivity contribution in [2.75, 3.05) is 0 Å². The average Bonchev–Trinajstić information content (AvgIpc) is 2.43. The van der Waals surface area contributed by atoms with E-state index in [1.807, 2.05) is 0 Å². The van der Waals surface area contributed by atoms with Gasteiger partial charge in [0, 0.05) is 0 Å². The summed E-state index contributed by atoms with van der Waals surface area (Å²) in [7, 11) is 0. The number of carboxylic acids is 1. The minimum atomic E-state index is -0.671. The molecule has 0 fully saturated rings. The van der Waals surface area contributed by atoms with E-state index in [1.165, 1.54) is 35.1 Å². The van der Waals surface area contributed by atoms with Crippen LogP contribution in [0.4, 0.5) is 0 Å². The SMILES string of the molecule is CC1(C)CCC(C)(C)c2cc3c(cc21)CCC[C@@H]3CC(=O)O. The zero-order valence-corrected chi connectivity index (χ0v) is 14.3. The highest BCUT2D eigenvalue weighted by molar-refractivity contribution is 5.68. The highest BCUT2D eigenvalue weighted by Gasteiger charge is 2.38. The Balaban J connectivity index is 2.14. The molecule has 2 aliphatic rings. The summed E-state index contributed by atoms with van der Waals surface area (Å²) in [6, 6.07) is 4.79. The van der Waals surface area contributed by atoms with Crippen molar-refractivity contribution < 1.29 is 9.90 Å². The first-order chi connectivity index (χ1) is 10.2. The molecule has 2 heteroatoms. The van der Waals surface area contributed by atoms with Gasteiger partial charge in [-0.1, -0.05) is 39.8 Å². The largest absolute Gasteiger partial charge is 0.481 e. The van der Waals surface area contributed by atoms with Crippen LogP contribution in [0.3, 0.4) is 0 Å². The Kier molecular flexibility index (Phi) is 3.62. The van der Waals surface area contributed by atoms with E-state index >= 15 is 0 Å². The van der Waals surface area contributed by atoms with Crippen LogP contribution in [0, 0.1) is 0 Å². The molecule has 1 aromatic rings. The fourth-order valence-corrected chi connectivity index (χ4v) is 4.39. The summed E-state index contributed by atoms with van der Waals surface area (Å²) in [6.45, 7) is 9.38. The maximum absolute atomic E-state index is 11.2. The first kappa shape index (κ1) is 15.6. The molecule has 0 amide bonds. The summed E-state index contributed by atoms with van der Waals surface area (Å²) in [5, 5.41) is 9.22. The van der Waals surface area contributed by atoms with E-state index in [0.717, 1.165) is 19.3 Å². The number of hydrogen-bond donors (Lipinski definition) is 1. The van der Waals surface area contributed by atoms with Gasteiger partial charge in [-0.2, -0.15) is 0 Å². The molecule has 0 aromatic heterocycles. The van der Waals surface area contributed by atoms with Gasteiger partial charge in [0.05, 0.1) is 6.42 Å². The Morgan fingerprint density at radius 2 is 1.73 bits per heavy atom. The Bertz CT molecular complexity index is 610. The van der Waals surface area contributed by atoms with Crippen molar-refractivity contribution in [2.24, 2.45) is 0 Å². The molecule has 1 atom stereocenters. The number of benzene rings is 1. The van der Waals surface area contributed by atoms with Crippen LogP contribution in [0.15, 0.2) is 12.1 Å². The van der Waals surface area contributed by atoms with Gasteiger partial charge in [0.15, 0.2) is 0 Å². The highest BCUT2D eigenvalue weighted by atomic mass is 16.4. The predicted octanol–water partition coefficient (Wildman–Crippen LogP) is 4.93. The third-order valence-electron chi connectivity index (χ3n) is 5.97. The fraction of sp³-hybridized carbons (Fsp3) is 0.650. The zero-order valence-electron chi connectivity index (χ0n) is 14.3. The second-order valence-electron chi connectivity index (χ2n) is 8.55. The number of rotatable bonds is 2. The van der Waals surface area contributed by atoms with E-state index in [0.29, 0.717) is 0 Å². The normalized spacial score (nSPS) is 25.2. The number of aliphatic carboxylic acids is 1. The monoisotopic (exact) mass is 300 g/mol. The maximum atomic E-state index is 11.2. The number of carbonyl (C=O) groups is 1. The summed E-state index contributed by atoms with van der Waals surface area (Å²) in [6.07, 6.45) is 5.94. The molecule has 3 rings (SSSR count). The van der Waals surface area contributed by atoms with Crippen molar-refractivity contribution in [3.8, 4) is 0 Å². The maximum Gasteiger partial charge on any atom is 0.303 e. The lowest BCUT2D eigenvalue weighted by atomic mass is 9.61. The van der Waals surface area contributed by atoms with Crippen LogP contribution in [-0.4, -0.2) is 11.1 Å². The Morgan fingerprint density at radius 3 is 2.32 bits per heavy atom. The molecule has 0 saturated heterocycles. The molecular weight excluding hydrogens is 272 g/mol. The van der Waals surface area contributed by atoms with Crippen molar-refractivity contribution in [2.45, 2.75) is 83.0 Å². The van der Waals surface area contributed by atoms with Gasteiger partial charge in [-0.3, -0.25) is 4.79 Å². The van der Waals surface area contributed by atoms with Crippen molar-refractivity contribution in [1.82, 2.24) is 0 Å². The molecule has 0 saturated carbocycles. The molecule has 0 heterocycles. The summed E-state index contributed by atoms with van der Waals surface area (Å²) in [4.78, 5) is 11.2. The number of aryl methyl sites for hydroxylation is 1. The van der Waals surface area contributed by atoms with Gasteiger partial charge in [-0.05, 0) is 71.1 Å². The lowest BCUT2D eigenvalue weighted by Crippen LogP contribution is -2.34. The topological polar surface area (TPSA) is 37.3 Å². The molecule has 0 aliphatic heterocycles. The summed E-state index contributed by atoms with van der Waals surface area (Å²) in [5.74, 6) is -0.470. The van der Waals surface area contributed by atoms with Gasteiger partial charge in [-0.25, -0.2) is 0 Å². The summed E-state index contributed by atoms with van der Waals surface area (Å²) >= 11 is 0. The minimum Gasteiger partial charge on any atom is -0.481 e. The summed E-state index contributed by atoms with van der Waals surface area (Å²) < 4.78 is 0. The van der Waals surface area contributed by atoms with Crippen LogP contribution in [0.5, 0.6) is 0 Å². The van der Waals surface area contributed by atoms with Crippen LogP contribution >= 0.6 is 0 Å². The second-order valence-corrected chi connectivity index (χ2v) is 8.55. The summed E-state index contributed by atoms with van der Waals surface area (Å²) in [5.41, 5.74) is 6.11. The first-order valence-corrected chi connectivity index (χ1v) is 8.60. The van der Waals surface area contributed by atoms with Gasteiger partial charge in [0.25, 0.3) is 0 Å². The zero-order chi connectivity index (χ0) is 16.1. The van der Waals surface area contributed by atoms with Crippen LogP contribution in [0.25, 0.3) is 0 Å². The molecule has 0 bridgehead atoms. The molecular formula is C20H28O2. The van der Waals surface area contributed by atoms with Crippen molar-refractivity contribution in [3.63, 3.8) is 0 Å². The lowest BCUT2D eigenvalue weighted by Gasteiger charge is -2.43. The van der Waals surface area contributed by atoms with E-state index in [2.05, 4.69) is 39.8 Å². The lowest BCUT2D eigenvalue weighted by molar-refractivity contribution is -0.137. The smallest absolute Gasteiger partial charge is 0.303 e. The van der Waals surface area contributed by atoms with Crippen molar-refractivity contribution in [3.05, 3.63) is 34.4 Å². The van der Waals surface area contributed by atoms with E-state index in [9.17, 15) is 9.90 Å². The quantitative estimate of drug-likeness (QED) is 0.840. The first-order valence-electron chi connectivity index (χ1n) is 8.60. The molecule has 0 radical (unpaired) electrons. The Morgan fingerprint density at radius 1 is 1.14 bits per heavy atom. The third-order valence-corrected chi connectivity index (χ3v) is 5.97. The van der Waals surface area contributed by atoms with Crippen LogP contribution in [0.2, 0.25) is 0 Å². The second kappa shape index (κ2) is 5.11. The molecule has 120 valence electrons.